The predicted molar refractivity (Wildman–Crippen MR) is 119 cm³/mol. The molecule has 2 saturated heterocycles. The topological polar surface area (TPSA) is 61.4 Å². The molecule has 3 rings (SSSR count). The molecule has 0 saturated carbocycles. The summed E-state index contributed by atoms with van der Waals surface area (Å²) < 4.78 is 10.8. The van der Waals surface area contributed by atoms with Gasteiger partial charge in [-0.1, -0.05) is 6.07 Å². The largest absolute Gasteiger partial charge is 0.497 e. The monoisotopic (exact) mass is 403 g/mol. The van der Waals surface area contributed by atoms with Crippen molar-refractivity contribution in [3.8, 4) is 5.75 Å². The Labute approximate surface area is 175 Å². The van der Waals surface area contributed by atoms with E-state index in [-0.39, 0.29) is 5.54 Å². The van der Waals surface area contributed by atoms with E-state index in [0.29, 0.717) is 5.92 Å². The van der Waals surface area contributed by atoms with Crippen LogP contribution >= 0.6 is 0 Å². The van der Waals surface area contributed by atoms with E-state index in [1.807, 2.05) is 13.1 Å². The van der Waals surface area contributed by atoms with Crippen LogP contribution in [-0.4, -0.2) is 83.0 Å². The fraction of sp³-hybridized carbons (Fsp3) is 0.682. The van der Waals surface area contributed by atoms with Crippen LogP contribution in [0, 0.1) is 5.92 Å². The summed E-state index contributed by atoms with van der Waals surface area (Å²) in [7, 11) is 3.56. The molecule has 0 aliphatic carbocycles. The fourth-order valence-corrected chi connectivity index (χ4v) is 4.08. The summed E-state index contributed by atoms with van der Waals surface area (Å²) in [6.07, 6.45) is 1.18. The minimum atomic E-state index is 0.0674. The fourth-order valence-electron chi connectivity index (χ4n) is 4.08. The van der Waals surface area contributed by atoms with Crippen molar-refractivity contribution in [1.29, 1.82) is 0 Å². The van der Waals surface area contributed by atoms with Crippen LogP contribution < -0.4 is 20.3 Å². The molecular weight excluding hydrogens is 366 g/mol. The lowest BCUT2D eigenvalue weighted by molar-refractivity contribution is -0.00834. The zero-order chi connectivity index (χ0) is 20.7. The van der Waals surface area contributed by atoms with Crippen LogP contribution in [0.4, 0.5) is 5.69 Å². The van der Waals surface area contributed by atoms with Crippen molar-refractivity contribution in [2.45, 2.75) is 25.8 Å². The van der Waals surface area contributed by atoms with Gasteiger partial charge >= 0.3 is 0 Å². The van der Waals surface area contributed by atoms with Crippen LogP contribution in [0.1, 0.15) is 20.3 Å². The quantitative estimate of drug-likeness (QED) is 0.535. The Balaban J connectivity index is 1.43. The van der Waals surface area contributed by atoms with Crippen molar-refractivity contribution in [2.75, 3.05) is 71.5 Å². The molecule has 1 aromatic carbocycles. The minimum absolute atomic E-state index is 0.0674. The number of aliphatic imine (C=N–C) groups is 1. The number of nitrogens with zero attached hydrogens (tertiary/aromatic N) is 3. The van der Waals surface area contributed by atoms with Crippen molar-refractivity contribution in [3.05, 3.63) is 24.3 Å². The Bertz CT molecular complexity index is 673. The molecule has 0 bridgehead atoms. The first-order chi connectivity index (χ1) is 14.0. The molecular formula is C22H37N5O2. The molecule has 0 amide bonds. The molecule has 2 aliphatic rings. The van der Waals surface area contributed by atoms with E-state index in [1.165, 1.54) is 12.1 Å². The maximum Gasteiger partial charge on any atom is 0.191 e. The van der Waals surface area contributed by atoms with E-state index in [9.17, 15) is 0 Å². The first kappa shape index (κ1) is 21.7. The van der Waals surface area contributed by atoms with Gasteiger partial charge in [0.1, 0.15) is 5.75 Å². The summed E-state index contributed by atoms with van der Waals surface area (Å²) in [5.74, 6) is 2.40. The zero-order valence-electron chi connectivity index (χ0n) is 18.4. The molecule has 2 heterocycles. The molecule has 0 spiro atoms. The number of morpholine rings is 1. The van der Waals surface area contributed by atoms with Gasteiger partial charge < -0.3 is 25.0 Å². The SMILES string of the molecule is CN=C(NCC1CCN(c2cccc(OC)c2)C1)NCC(C)(C)N1CCOCC1. The highest BCUT2D eigenvalue weighted by Gasteiger charge is 2.28. The summed E-state index contributed by atoms with van der Waals surface area (Å²) in [4.78, 5) is 9.34. The lowest BCUT2D eigenvalue weighted by Gasteiger charge is -2.41. The molecule has 1 atom stereocenters. The third-order valence-corrected chi connectivity index (χ3v) is 6.04. The van der Waals surface area contributed by atoms with Crippen molar-refractivity contribution in [2.24, 2.45) is 10.9 Å². The van der Waals surface area contributed by atoms with Gasteiger partial charge in [-0.2, -0.15) is 0 Å². The molecule has 162 valence electrons. The Morgan fingerprint density at radius 2 is 2.03 bits per heavy atom. The molecule has 7 nitrogen and oxygen atoms in total. The lowest BCUT2D eigenvalue weighted by Crippen LogP contribution is -2.56. The standard InChI is InChI=1S/C22H37N5O2/c1-22(2,27-10-12-29-13-11-27)17-25-21(23-3)24-15-18-8-9-26(16-18)19-6-5-7-20(14-19)28-4/h5-7,14,18H,8-13,15-17H2,1-4H3,(H2,23,24,25). The van der Waals surface area contributed by atoms with E-state index in [0.717, 1.165) is 64.2 Å². The Hall–Kier alpha value is -1.99. The van der Waals surface area contributed by atoms with E-state index >= 15 is 0 Å². The third-order valence-electron chi connectivity index (χ3n) is 6.04. The van der Waals surface area contributed by atoms with Gasteiger partial charge in [0.2, 0.25) is 0 Å². The van der Waals surface area contributed by atoms with Crippen LogP contribution in [0.15, 0.2) is 29.3 Å². The molecule has 2 fully saturated rings. The normalized spacial score (nSPS) is 21.3. The second-order valence-corrected chi connectivity index (χ2v) is 8.52. The van der Waals surface area contributed by atoms with Crippen LogP contribution in [0.2, 0.25) is 0 Å². The minimum Gasteiger partial charge on any atom is -0.497 e. The summed E-state index contributed by atoms with van der Waals surface area (Å²) in [5, 5.41) is 7.04. The van der Waals surface area contributed by atoms with Gasteiger partial charge in [-0.3, -0.25) is 9.89 Å². The molecule has 0 radical (unpaired) electrons. The maximum atomic E-state index is 5.48. The first-order valence-corrected chi connectivity index (χ1v) is 10.7. The van der Waals surface area contributed by atoms with Crippen LogP contribution in [-0.2, 0) is 4.74 Å². The van der Waals surface area contributed by atoms with Crippen molar-refractivity contribution < 1.29 is 9.47 Å². The van der Waals surface area contributed by atoms with E-state index in [2.05, 4.69) is 57.5 Å². The lowest BCUT2D eigenvalue weighted by atomic mass is 10.0. The third kappa shape index (κ3) is 6.00. The number of methoxy groups -OCH3 is 1. The Kier molecular flexibility index (Phi) is 7.61. The summed E-state index contributed by atoms with van der Waals surface area (Å²) >= 11 is 0. The van der Waals surface area contributed by atoms with Crippen molar-refractivity contribution >= 4 is 11.6 Å². The van der Waals surface area contributed by atoms with Gasteiger partial charge in [0.05, 0.1) is 20.3 Å². The molecule has 7 heteroatoms. The summed E-state index contributed by atoms with van der Waals surface area (Å²) in [6, 6.07) is 8.32. The highest BCUT2D eigenvalue weighted by molar-refractivity contribution is 5.79. The van der Waals surface area contributed by atoms with Gasteiger partial charge in [-0.15, -0.1) is 0 Å². The smallest absolute Gasteiger partial charge is 0.191 e. The average molecular weight is 404 g/mol. The number of hydrogen-bond donors (Lipinski definition) is 2. The number of hydrogen-bond acceptors (Lipinski definition) is 5. The van der Waals surface area contributed by atoms with Gasteiger partial charge in [0, 0.05) is 63.6 Å². The Morgan fingerprint density at radius 1 is 1.24 bits per heavy atom. The van der Waals surface area contributed by atoms with Crippen molar-refractivity contribution in [3.63, 3.8) is 0 Å². The predicted octanol–water partition coefficient (Wildman–Crippen LogP) is 1.80. The molecule has 2 aliphatic heterocycles. The molecule has 1 unspecified atom stereocenters. The first-order valence-electron chi connectivity index (χ1n) is 10.7. The summed E-state index contributed by atoms with van der Waals surface area (Å²) in [6.45, 7) is 12.1. The van der Waals surface area contributed by atoms with Crippen LogP contribution in [0.25, 0.3) is 0 Å². The highest BCUT2D eigenvalue weighted by atomic mass is 16.5. The van der Waals surface area contributed by atoms with E-state index < -0.39 is 0 Å². The van der Waals surface area contributed by atoms with Crippen LogP contribution in [0.5, 0.6) is 5.75 Å². The Morgan fingerprint density at radius 3 is 2.76 bits per heavy atom. The number of guanidine groups is 1. The second-order valence-electron chi connectivity index (χ2n) is 8.52. The van der Waals surface area contributed by atoms with Crippen molar-refractivity contribution in [1.82, 2.24) is 15.5 Å². The van der Waals surface area contributed by atoms with Crippen LogP contribution in [0.3, 0.4) is 0 Å². The number of benzene rings is 1. The number of anilines is 1. The number of rotatable bonds is 7. The van der Waals surface area contributed by atoms with Gasteiger partial charge in [-0.05, 0) is 38.3 Å². The molecule has 1 aromatic rings. The average Bonchev–Trinajstić information content (AvgIpc) is 3.23. The molecule has 2 N–H and O–H groups in total. The molecule has 29 heavy (non-hydrogen) atoms. The van der Waals surface area contributed by atoms with E-state index in [4.69, 9.17) is 9.47 Å². The number of ether oxygens (including phenoxy) is 2. The zero-order valence-corrected chi connectivity index (χ0v) is 18.4. The van der Waals surface area contributed by atoms with Gasteiger partial charge in [-0.25, -0.2) is 0 Å². The maximum absolute atomic E-state index is 5.48. The number of nitrogens with one attached hydrogen (secondary N) is 2. The summed E-state index contributed by atoms with van der Waals surface area (Å²) in [5.41, 5.74) is 1.30. The van der Waals surface area contributed by atoms with E-state index in [1.54, 1.807) is 7.11 Å². The van der Waals surface area contributed by atoms with Gasteiger partial charge in [0.25, 0.3) is 0 Å². The van der Waals surface area contributed by atoms with Gasteiger partial charge in [0.15, 0.2) is 5.96 Å². The highest BCUT2D eigenvalue weighted by Crippen LogP contribution is 2.26. The second kappa shape index (κ2) is 10.2. The molecule has 0 aromatic heterocycles.